The fourth-order valence-electron chi connectivity index (χ4n) is 2.84. The number of nitrogens with zero attached hydrogens (tertiary/aromatic N) is 2. The summed E-state index contributed by atoms with van der Waals surface area (Å²) in [7, 11) is -3.34. The number of rotatable bonds is 9. The Labute approximate surface area is 186 Å². The van der Waals surface area contributed by atoms with E-state index in [0.717, 1.165) is 17.5 Å². The van der Waals surface area contributed by atoms with Crippen LogP contribution in [0.2, 0.25) is 0 Å². The van der Waals surface area contributed by atoms with Crippen LogP contribution >= 0.6 is 0 Å². The van der Waals surface area contributed by atoms with Crippen molar-refractivity contribution in [2.45, 2.75) is 19.1 Å². The standard InChI is InChI=1S/C22H24N4O5S/c1-32(29,30)15-13-19(23-22(28)31-16-17-8-4-2-5-9-17)21(27)24-20-12-14-26(25-20)18-10-6-3-7-11-18/h2-12,14,19H,13,15-16H2,1H3,(H,23,28)(H,24,25,27). The minimum atomic E-state index is -3.34. The number of para-hydroxylation sites is 1. The van der Waals surface area contributed by atoms with Gasteiger partial charge >= 0.3 is 6.09 Å². The van der Waals surface area contributed by atoms with E-state index in [0.29, 0.717) is 0 Å². The Morgan fingerprint density at radius 3 is 2.34 bits per heavy atom. The Morgan fingerprint density at radius 1 is 1.03 bits per heavy atom. The van der Waals surface area contributed by atoms with E-state index in [2.05, 4.69) is 15.7 Å². The third kappa shape index (κ3) is 7.24. The summed E-state index contributed by atoms with van der Waals surface area (Å²) in [5.41, 5.74) is 1.59. The number of anilines is 1. The van der Waals surface area contributed by atoms with E-state index in [9.17, 15) is 18.0 Å². The molecule has 3 aromatic rings. The number of carbonyl (C=O) groups excluding carboxylic acids is 2. The average molecular weight is 457 g/mol. The summed E-state index contributed by atoms with van der Waals surface area (Å²) >= 11 is 0. The Morgan fingerprint density at radius 2 is 1.69 bits per heavy atom. The van der Waals surface area contributed by atoms with Gasteiger partial charge < -0.3 is 15.4 Å². The number of benzene rings is 2. The quantitative estimate of drug-likeness (QED) is 0.511. The fourth-order valence-corrected chi connectivity index (χ4v) is 3.50. The molecule has 0 radical (unpaired) electrons. The summed E-state index contributed by atoms with van der Waals surface area (Å²) in [6, 6.07) is 18.9. The van der Waals surface area contributed by atoms with Crippen LogP contribution in [0.3, 0.4) is 0 Å². The second kappa shape index (κ2) is 10.6. The van der Waals surface area contributed by atoms with Gasteiger partial charge in [0, 0.05) is 18.5 Å². The monoisotopic (exact) mass is 456 g/mol. The van der Waals surface area contributed by atoms with Gasteiger partial charge in [0.2, 0.25) is 5.91 Å². The number of sulfone groups is 1. The summed E-state index contributed by atoms with van der Waals surface area (Å²) in [6.45, 7) is 0.0224. The third-order valence-electron chi connectivity index (χ3n) is 4.46. The Bertz CT molecular complexity index is 1150. The molecular formula is C22H24N4O5S. The second-order valence-corrected chi connectivity index (χ2v) is 9.41. The van der Waals surface area contributed by atoms with Crippen molar-refractivity contribution < 1.29 is 22.7 Å². The van der Waals surface area contributed by atoms with Crippen molar-refractivity contribution in [3.8, 4) is 5.69 Å². The van der Waals surface area contributed by atoms with E-state index in [1.54, 1.807) is 29.1 Å². The van der Waals surface area contributed by atoms with Crippen LogP contribution in [-0.2, 0) is 26.0 Å². The first kappa shape index (κ1) is 23.0. The molecule has 2 aromatic carbocycles. The lowest BCUT2D eigenvalue weighted by atomic mass is 10.2. The Hall–Kier alpha value is -3.66. The largest absolute Gasteiger partial charge is 0.445 e. The summed E-state index contributed by atoms with van der Waals surface area (Å²) in [6.07, 6.45) is 1.82. The number of alkyl carbamates (subject to hydrolysis) is 1. The van der Waals surface area contributed by atoms with Gasteiger partial charge in [-0.15, -0.1) is 0 Å². The molecule has 0 aliphatic heterocycles. The van der Waals surface area contributed by atoms with E-state index in [1.807, 2.05) is 48.5 Å². The van der Waals surface area contributed by atoms with E-state index in [4.69, 9.17) is 4.74 Å². The van der Waals surface area contributed by atoms with E-state index in [-0.39, 0.29) is 24.6 Å². The van der Waals surface area contributed by atoms with Crippen LogP contribution in [0, 0.1) is 0 Å². The van der Waals surface area contributed by atoms with Gasteiger partial charge in [-0.3, -0.25) is 4.79 Å². The third-order valence-corrected chi connectivity index (χ3v) is 5.44. The van der Waals surface area contributed by atoms with Crippen molar-refractivity contribution in [2.75, 3.05) is 17.3 Å². The highest BCUT2D eigenvalue weighted by Crippen LogP contribution is 2.11. The summed E-state index contributed by atoms with van der Waals surface area (Å²) in [5.74, 6) is -0.603. The average Bonchev–Trinajstić information content (AvgIpc) is 3.24. The van der Waals surface area contributed by atoms with Crippen LogP contribution in [0.4, 0.5) is 10.6 Å². The van der Waals surface area contributed by atoms with Crippen molar-refractivity contribution in [1.82, 2.24) is 15.1 Å². The number of aromatic nitrogens is 2. The van der Waals surface area contributed by atoms with Crippen molar-refractivity contribution in [3.05, 3.63) is 78.5 Å². The van der Waals surface area contributed by atoms with Gasteiger partial charge in [0.25, 0.3) is 0 Å². The minimum absolute atomic E-state index is 0.0224. The molecule has 32 heavy (non-hydrogen) atoms. The molecule has 168 valence electrons. The lowest BCUT2D eigenvalue weighted by Gasteiger charge is -2.17. The number of carbonyl (C=O) groups is 2. The highest BCUT2D eigenvalue weighted by Gasteiger charge is 2.24. The molecule has 1 aromatic heterocycles. The smallest absolute Gasteiger partial charge is 0.408 e. The van der Waals surface area contributed by atoms with E-state index >= 15 is 0 Å². The Balaban J connectivity index is 1.64. The highest BCUT2D eigenvalue weighted by molar-refractivity contribution is 7.90. The number of hydrogen-bond acceptors (Lipinski definition) is 6. The van der Waals surface area contributed by atoms with Gasteiger partial charge in [0.1, 0.15) is 22.5 Å². The molecule has 10 heteroatoms. The first-order valence-corrected chi connectivity index (χ1v) is 11.9. The molecule has 0 aliphatic carbocycles. The van der Waals surface area contributed by atoms with Crippen LogP contribution in [-0.4, -0.2) is 48.2 Å². The van der Waals surface area contributed by atoms with Gasteiger partial charge in [0.15, 0.2) is 5.82 Å². The van der Waals surface area contributed by atoms with Gasteiger partial charge in [-0.25, -0.2) is 17.9 Å². The van der Waals surface area contributed by atoms with E-state index in [1.165, 1.54) is 0 Å². The molecule has 0 bridgehead atoms. The van der Waals surface area contributed by atoms with Crippen LogP contribution < -0.4 is 10.6 Å². The van der Waals surface area contributed by atoms with Crippen LogP contribution in [0.25, 0.3) is 5.69 Å². The molecule has 0 saturated heterocycles. The highest BCUT2D eigenvalue weighted by atomic mass is 32.2. The molecule has 0 saturated carbocycles. The number of amides is 2. The van der Waals surface area contributed by atoms with E-state index < -0.39 is 27.9 Å². The molecule has 0 spiro atoms. The predicted molar refractivity (Wildman–Crippen MR) is 120 cm³/mol. The number of ether oxygens (including phenoxy) is 1. The zero-order valence-electron chi connectivity index (χ0n) is 17.5. The summed E-state index contributed by atoms with van der Waals surface area (Å²) in [4.78, 5) is 25.0. The van der Waals surface area contributed by atoms with Crippen LogP contribution in [0.5, 0.6) is 0 Å². The lowest BCUT2D eigenvalue weighted by molar-refractivity contribution is -0.118. The van der Waals surface area contributed by atoms with Crippen LogP contribution in [0.15, 0.2) is 72.9 Å². The molecule has 2 N–H and O–H groups in total. The minimum Gasteiger partial charge on any atom is -0.445 e. The number of nitrogens with one attached hydrogen (secondary N) is 2. The van der Waals surface area contributed by atoms with Crippen molar-refractivity contribution in [3.63, 3.8) is 0 Å². The second-order valence-electron chi connectivity index (χ2n) is 7.15. The van der Waals surface area contributed by atoms with Gasteiger partial charge in [0.05, 0.1) is 11.4 Å². The van der Waals surface area contributed by atoms with Gasteiger partial charge in [-0.2, -0.15) is 5.10 Å². The van der Waals surface area contributed by atoms with Gasteiger partial charge in [-0.1, -0.05) is 48.5 Å². The Kier molecular flexibility index (Phi) is 7.61. The molecule has 1 atom stereocenters. The molecule has 3 rings (SSSR count). The molecule has 0 aliphatic rings. The topological polar surface area (TPSA) is 119 Å². The zero-order valence-corrected chi connectivity index (χ0v) is 18.3. The zero-order chi connectivity index (χ0) is 23.0. The SMILES string of the molecule is CS(=O)(=O)CCC(NC(=O)OCc1ccccc1)C(=O)Nc1ccn(-c2ccccc2)n1. The maximum absolute atomic E-state index is 12.8. The van der Waals surface area contributed by atoms with Crippen molar-refractivity contribution in [2.24, 2.45) is 0 Å². The summed E-state index contributed by atoms with van der Waals surface area (Å²) in [5, 5.41) is 9.35. The van der Waals surface area contributed by atoms with Gasteiger partial charge in [-0.05, 0) is 24.1 Å². The molecule has 1 heterocycles. The van der Waals surface area contributed by atoms with Crippen molar-refractivity contribution >= 4 is 27.7 Å². The summed E-state index contributed by atoms with van der Waals surface area (Å²) < 4.78 is 29.9. The molecular weight excluding hydrogens is 432 g/mol. The normalized spacial score (nSPS) is 12.0. The van der Waals surface area contributed by atoms with Crippen molar-refractivity contribution in [1.29, 1.82) is 0 Å². The molecule has 0 fully saturated rings. The van der Waals surface area contributed by atoms with Crippen LogP contribution in [0.1, 0.15) is 12.0 Å². The molecule has 9 nitrogen and oxygen atoms in total. The first-order valence-electron chi connectivity index (χ1n) is 9.87. The maximum Gasteiger partial charge on any atom is 0.408 e. The fraction of sp³-hybridized carbons (Fsp3) is 0.227. The molecule has 2 amide bonds. The number of hydrogen-bond donors (Lipinski definition) is 2. The predicted octanol–water partition coefficient (Wildman–Crippen LogP) is 2.54. The lowest BCUT2D eigenvalue weighted by Crippen LogP contribution is -2.45. The maximum atomic E-state index is 12.8. The molecule has 1 unspecified atom stereocenters. The first-order chi connectivity index (χ1) is 15.3.